The van der Waals surface area contributed by atoms with Crippen molar-refractivity contribution in [3.05, 3.63) is 53.9 Å². The highest BCUT2D eigenvalue weighted by Crippen LogP contribution is 2.33. The molecule has 2 atom stereocenters. The second-order valence-corrected chi connectivity index (χ2v) is 8.50. The number of hydrogen-bond acceptors (Lipinski definition) is 6. The summed E-state index contributed by atoms with van der Waals surface area (Å²) in [6, 6.07) is 11.9. The molecule has 32 heavy (non-hydrogen) atoms. The third-order valence-electron chi connectivity index (χ3n) is 6.52. The van der Waals surface area contributed by atoms with Crippen LogP contribution in [0, 0.1) is 18.3 Å². The molecule has 1 aromatic heterocycles. The molecule has 7 heteroatoms. The van der Waals surface area contributed by atoms with Gasteiger partial charge in [0.25, 0.3) is 0 Å². The molecule has 2 fully saturated rings. The number of amides is 1. The lowest BCUT2D eigenvalue weighted by Crippen LogP contribution is -2.52. The number of carbonyl (C=O) groups is 1. The van der Waals surface area contributed by atoms with Crippen molar-refractivity contribution in [1.82, 2.24) is 19.8 Å². The van der Waals surface area contributed by atoms with E-state index in [0.29, 0.717) is 23.5 Å². The van der Waals surface area contributed by atoms with Crippen molar-refractivity contribution in [1.29, 1.82) is 0 Å². The molecule has 0 bridgehead atoms. The first-order chi connectivity index (χ1) is 15.6. The Bertz CT molecular complexity index is 1230. The Balaban J connectivity index is 1.44. The van der Waals surface area contributed by atoms with Crippen LogP contribution in [0.15, 0.2) is 42.7 Å². The quantitative estimate of drug-likeness (QED) is 0.632. The molecule has 2 aliphatic rings. The Hall–Kier alpha value is -3.63. The Morgan fingerprint density at radius 2 is 2.12 bits per heavy atom. The molecule has 2 aliphatic heterocycles. The maximum Gasteiger partial charge on any atom is 0.227 e. The summed E-state index contributed by atoms with van der Waals surface area (Å²) in [6.45, 7) is 2.71. The summed E-state index contributed by atoms with van der Waals surface area (Å²) < 4.78 is 5.60. The summed E-state index contributed by atoms with van der Waals surface area (Å²) in [6.07, 6.45) is 7.32. The van der Waals surface area contributed by atoms with Crippen molar-refractivity contribution in [3.63, 3.8) is 0 Å². The van der Waals surface area contributed by atoms with E-state index in [1.165, 1.54) is 6.33 Å². The molecule has 0 spiro atoms. The zero-order valence-electron chi connectivity index (χ0n) is 18.2. The van der Waals surface area contributed by atoms with Crippen LogP contribution in [0.1, 0.15) is 11.1 Å². The van der Waals surface area contributed by atoms with E-state index in [2.05, 4.69) is 33.2 Å². The van der Waals surface area contributed by atoms with Gasteiger partial charge in [-0.15, -0.1) is 6.42 Å². The van der Waals surface area contributed by atoms with E-state index >= 15 is 0 Å². The molecule has 3 heterocycles. The van der Waals surface area contributed by atoms with E-state index in [9.17, 15) is 4.79 Å². The molecule has 1 N–H and O–H groups in total. The van der Waals surface area contributed by atoms with Crippen LogP contribution in [0.5, 0.6) is 5.75 Å². The fourth-order valence-corrected chi connectivity index (χ4v) is 4.76. The molecule has 0 radical (unpaired) electrons. The molecule has 0 aliphatic carbocycles. The zero-order valence-corrected chi connectivity index (χ0v) is 18.2. The first-order valence-electron chi connectivity index (χ1n) is 10.7. The number of terminal acetylenes is 1. The Kier molecular flexibility index (Phi) is 5.16. The van der Waals surface area contributed by atoms with Gasteiger partial charge in [-0.05, 0) is 31.3 Å². The van der Waals surface area contributed by atoms with Gasteiger partial charge in [-0.1, -0.05) is 12.0 Å². The maximum atomic E-state index is 13.1. The number of aromatic nitrogens is 2. The minimum absolute atomic E-state index is 0.124. The molecule has 7 nitrogen and oxygen atoms in total. The minimum atomic E-state index is 0.124. The molecular weight excluding hydrogens is 402 g/mol. The second kappa shape index (κ2) is 8.13. The highest BCUT2D eigenvalue weighted by Gasteiger charge is 2.44. The van der Waals surface area contributed by atoms with Crippen LogP contribution in [-0.2, 0) is 11.2 Å². The summed E-state index contributed by atoms with van der Waals surface area (Å²) in [5, 5.41) is 4.15. The Morgan fingerprint density at radius 3 is 2.88 bits per heavy atom. The average molecular weight is 428 g/mol. The van der Waals surface area contributed by atoms with Crippen LogP contribution in [0.4, 0.5) is 11.5 Å². The van der Waals surface area contributed by atoms with Crippen LogP contribution >= 0.6 is 0 Å². The monoisotopic (exact) mass is 427 g/mol. The topological polar surface area (TPSA) is 70.6 Å². The highest BCUT2D eigenvalue weighted by atomic mass is 16.5. The van der Waals surface area contributed by atoms with E-state index in [4.69, 9.17) is 11.2 Å². The molecule has 2 aromatic carbocycles. The number of nitrogens with zero attached hydrogens (tertiary/aromatic N) is 4. The molecule has 162 valence electrons. The second-order valence-electron chi connectivity index (χ2n) is 8.50. The lowest BCUT2D eigenvalue weighted by Gasteiger charge is -2.40. The summed E-state index contributed by atoms with van der Waals surface area (Å²) in [7, 11) is 3.74. The van der Waals surface area contributed by atoms with E-state index < -0.39 is 0 Å². The van der Waals surface area contributed by atoms with Gasteiger partial charge < -0.3 is 19.9 Å². The van der Waals surface area contributed by atoms with Gasteiger partial charge >= 0.3 is 0 Å². The van der Waals surface area contributed by atoms with Gasteiger partial charge in [0.15, 0.2) is 0 Å². The lowest BCUT2D eigenvalue weighted by atomic mass is 9.93. The number of methoxy groups -OCH3 is 1. The molecule has 3 aromatic rings. The third-order valence-corrected chi connectivity index (χ3v) is 6.52. The third kappa shape index (κ3) is 3.63. The van der Waals surface area contributed by atoms with Crippen molar-refractivity contribution in [2.75, 3.05) is 39.1 Å². The molecule has 0 saturated carbocycles. The van der Waals surface area contributed by atoms with Gasteiger partial charge in [0.2, 0.25) is 5.91 Å². The Morgan fingerprint density at radius 1 is 1.25 bits per heavy atom. The zero-order chi connectivity index (χ0) is 22.2. The molecule has 5 rings (SSSR count). The first-order valence-corrected chi connectivity index (χ1v) is 10.7. The molecular formula is C25H25N5O2. The van der Waals surface area contributed by atoms with E-state index in [1.54, 1.807) is 7.11 Å². The number of likely N-dealkylation sites (tertiary alicyclic amines) is 2. The van der Waals surface area contributed by atoms with Crippen molar-refractivity contribution in [3.8, 4) is 18.1 Å². The largest absolute Gasteiger partial charge is 0.496 e. The Labute approximate surface area is 187 Å². The fourth-order valence-electron chi connectivity index (χ4n) is 4.76. The van der Waals surface area contributed by atoms with Gasteiger partial charge in [0.05, 0.1) is 19.0 Å². The number of carbonyl (C=O) groups excluding carboxylic acids is 1. The smallest absolute Gasteiger partial charge is 0.227 e. The number of fused-ring (bicyclic) bond motifs is 2. The number of nitrogens with one attached hydrogen (secondary N) is 1. The highest BCUT2D eigenvalue weighted by molar-refractivity contribution is 5.93. The van der Waals surface area contributed by atoms with Crippen molar-refractivity contribution >= 4 is 28.3 Å². The van der Waals surface area contributed by atoms with Crippen molar-refractivity contribution in [2.45, 2.75) is 12.5 Å². The van der Waals surface area contributed by atoms with Crippen LogP contribution in [-0.4, -0.2) is 65.5 Å². The number of hydrogen-bond donors (Lipinski definition) is 1. The normalized spacial score (nSPS) is 19.8. The minimum Gasteiger partial charge on any atom is -0.496 e. The van der Waals surface area contributed by atoms with Gasteiger partial charge in [0.1, 0.15) is 17.9 Å². The van der Waals surface area contributed by atoms with Crippen molar-refractivity contribution < 1.29 is 9.53 Å². The molecule has 1 amide bonds. The lowest BCUT2D eigenvalue weighted by molar-refractivity contribution is -0.129. The van der Waals surface area contributed by atoms with E-state index in [0.717, 1.165) is 47.4 Å². The first kappa shape index (κ1) is 20.3. The fraction of sp³-hybridized carbons (Fsp3) is 0.320. The summed E-state index contributed by atoms with van der Waals surface area (Å²) in [5.41, 5.74) is 3.19. The predicted molar refractivity (Wildman–Crippen MR) is 124 cm³/mol. The SMILES string of the molecule is C#Cc1cccc(Nc2ncnc3cc(OC)c(CC(=O)N4CC5CN(C)C5C4)cc23)c1. The molecule has 2 unspecified atom stereocenters. The van der Waals surface area contributed by atoms with E-state index in [1.807, 2.05) is 41.3 Å². The molecule has 2 saturated heterocycles. The number of rotatable bonds is 5. The van der Waals surface area contributed by atoms with Gasteiger partial charge in [0, 0.05) is 59.9 Å². The van der Waals surface area contributed by atoms with Gasteiger partial charge in [-0.2, -0.15) is 0 Å². The number of anilines is 2. The number of likely N-dealkylation sites (N-methyl/N-ethyl adjacent to an activating group) is 1. The van der Waals surface area contributed by atoms with Crippen LogP contribution < -0.4 is 10.1 Å². The van der Waals surface area contributed by atoms with E-state index in [-0.39, 0.29) is 12.3 Å². The average Bonchev–Trinajstić information content (AvgIpc) is 3.16. The van der Waals surface area contributed by atoms with Gasteiger partial charge in [-0.3, -0.25) is 4.79 Å². The summed E-state index contributed by atoms with van der Waals surface area (Å²) in [5.74, 6) is 4.68. The predicted octanol–water partition coefficient (Wildman–Crippen LogP) is 2.68. The van der Waals surface area contributed by atoms with Crippen molar-refractivity contribution in [2.24, 2.45) is 5.92 Å². The summed E-state index contributed by atoms with van der Waals surface area (Å²) >= 11 is 0. The van der Waals surface area contributed by atoms with Crippen LogP contribution in [0.3, 0.4) is 0 Å². The summed E-state index contributed by atoms with van der Waals surface area (Å²) in [4.78, 5) is 26.2. The van der Waals surface area contributed by atoms with Crippen LogP contribution in [0.2, 0.25) is 0 Å². The standard InChI is InChI=1S/C25H25N5O2/c1-4-16-6-5-7-19(8-16)28-25-20-9-17(23(32-3)11-21(20)26-15-27-25)10-24(31)30-13-18-12-29(2)22(18)14-30/h1,5-9,11,15,18,22H,10,12-14H2,2-3H3,(H,26,27,28). The van der Waals surface area contributed by atoms with Crippen LogP contribution in [0.25, 0.3) is 10.9 Å². The van der Waals surface area contributed by atoms with Gasteiger partial charge in [-0.25, -0.2) is 9.97 Å². The maximum absolute atomic E-state index is 13.1. The number of ether oxygens (including phenoxy) is 1. The number of benzene rings is 2.